The molecule has 6 nitrogen and oxygen atoms in total. The Hall–Kier alpha value is -3.62. The lowest BCUT2D eigenvalue weighted by atomic mass is 10.1. The quantitative estimate of drug-likeness (QED) is 0.197. The van der Waals surface area contributed by atoms with E-state index in [1.807, 2.05) is 44.2 Å². The van der Waals surface area contributed by atoms with E-state index in [1.165, 1.54) is 28.8 Å². The zero-order valence-electron chi connectivity index (χ0n) is 18.3. The number of amides is 1. The number of benzene rings is 3. The molecule has 5 aromatic rings. The number of carbonyl (C=O) groups excluding carboxylic acids is 1. The van der Waals surface area contributed by atoms with Crippen LogP contribution in [0.4, 0.5) is 5.13 Å². The van der Waals surface area contributed by atoms with E-state index < -0.39 is 0 Å². The van der Waals surface area contributed by atoms with Crippen LogP contribution in [0.3, 0.4) is 0 Å². The van der Waals surface area contributed by atoms with Crippen molar-refractivity contribution in [3.05, 3.63) is 104 Å². The van der Waals surface area contributed by atoms with Crippen molar-refractivity contribution in [2.75, 3.05) is 5.01 Å². The lowest BCUT2D eigenvalue weighted by Crippen LogP contribution is -2.26. The fourth-order valence-electron chi connectivity index (χ4n) is 3.46. The van der Waals surface area contributed by atoms with Gasteiger partial charge in [-0.05, 0) is 67.4 Å². The highest BCUT2D eigenvalue weighted by molar-refractivity contribution is 9.10. The Kier molecular flexibility index (Phi) is 5.85. The van der Waals surface area contributed by atoms with E-state index in [9.17, 15) is 9.59 Å². The molecule has 0 fully saturated rings. The third-order valence-electron chi connectivity index (χ3n) is 5.49. The maximum atomic E-state index is 13.5. The normalized spacial score (nSPS) is 11.5. The number of hydrogen-bond acceptors (Lipinski definition) is 6. The maximum absolute atomic E-state index is 13.5. The molecule has 0 atom stereocenters. The molecule has 168 valence electrons. The zero-order chi connectivity index (χ0) is 23.8. The number of hydrogen-bond donors (Lipinski definition) is 0. The van der Waals surface area contributed by atoms with Gasteiger partial charge in [0.1, 0.15) is 11.8 Å². The van der Waals surface area contributed by atoms with Crippen LogP contribution < -0.4 is 10.4 Å². The van der Waals surface area contributed by atoms with Crippen LogP contribution in [0.1, 0.15) is 27.0 Å². The number of nitrogens with zero attached hydrogens (tertiary/aromatic N) is 3. The van der Waals surface area contributed by atoms with Gasteiger partial charge in [-0.25, -0.2) is 4.98 Å². The first-order valence-electron chi connectivity index (χ1n) is 10.4. The number of fused-ring (bicyclic) bond motifs is 2. The van der Waals surface area contributed by atoms with E-state index in [4.69, 9.17) is 4.42 Å². The smallest absolute Gasteiger partial charge is 0.280 e. The van der Waals surface area contributed by atoms with Crippen LogP contribution in [0.5, 0.6) is 0 Å². The molecule has 0 radical (unpaired) electrons. The van der Waals surface area contributed by atoms with Crippen LogP contribution in [0.15, 0.2) is 85.7 Å². The number of aromatic nitrogens is 1. The van der Waals surface area contributed by atoms with Crippen molar-refractivity contribution in [3.8, 4) is 0 Å². The molecule has 0 N–H and O–H groups in total. The van der Waals surface area contributed by atoms with Crippen molar-refractivity contribution in [1.82, 2.24) is 4.98 Å². The summed E-state index contributed by atoms with van der Waals surface area (Å²) in [7, 11) is 0. The van der Waals surface area contributed by atoms with Crippen LogP contribution in [-0.2, 0) is 0 Å². The minimum absolute atomic E-state index is 0.225. The van der Waals surface area contributed by atoms with Gasteiger partial charge in [0.15, 0.2) is 0 Å². The summed E-state index contributed by atoms with van der Waals surface area (Å²) in [5.41, 5.74) is 3.82. The van der Waals surface area contributed by atoms with Crippen molar-refractivity contribution in [2.45, 2.75) is 13.8 Å². The van der Waals surface area contributed by atoms with E-state index in [0.717, 1.165) is 25.8 Å². The predicted molar refractivity (Wildman–Crippen MR) is 140 cm³/mol. The molecule has 5 rings (SSSR count). The largest absolute Gasteiger partial charge is 0.463 e. The highest BCUT2D eigenvalue weighted by Crippen LogP contribution is 2.32. The van der Waals surface area contributed by atoms with Gasteiger partial charge in [-0.3, -0.25) is 9.59 Å². The van der Waals surface area contributed by atoms with Crippen molar-refractivity contribution in [1.29, 1.82) is 0 Å². The first-order valence-corrected chi connectivity index (χ1v) is 12.0. The lowest BCUT2D eigenvalue weighted by Gasteiger charge is -2.14. The molecule has 0 aliphatic heterocycles. The molecule has 3 aromatic carbocycles. The number of hydrazone groups is 1. The molecule has 0 saturated heterocycles. The summed E-state index contributed by atoms with van der Waals surface area (Å²) in [5, 5.41) is 6.49. The van der Waals surface area contributed by atoms with Crippen molar-refractivity contribution >= 4 is 65.7 Å². The fourth-order valence-corrected chi connectivity index (χ4v) is 4.94. The Morgan fingerprint density at radius 2 is 1.91 bits per heavy atom. The van der Waals surface area contributed by atoms with E-state index in [1.54, 1.807) is 30.3 Å². The van der Waals surface area contributed by atoms with Gasteiger partial charge in [-0.15, -0.1) is 0 Å². The Morgan fingerprint density at radius 3 is 2.74 bits per heavy atom. The average Bonchev–Trinajstić information content (AvgIpc) is 3.25. The number of halogens is 1. The third-order valence-corrected chi connectivity index (χ3v) is 6.97. The molecule has 0 bridgehead atoms. The van der Waals surface area contributed by atoms with Crippen LogP contribution >= 0.6 is 27.3 Å². The number of thiazole rings is 1. The van der Waals surface area contributed by atoms with Crippen molar-refractivity contribution in [3.63, 3.8) is 0 Å². The van der Waals surface area contributed by atoms with E-state index in [0.29, 0.717) is 21.7 Å². The second-order valence-corrected chi connectivity index (χ2v) is 9.71. The first kappa shape index (κ1) is 22.2. The number of para-hydroxylation sites is 1. The van der Waals surface area contributed by atoms with Gasteiger partial charge in [0.05, 0.1) is 27.4 Å². The second-order valence-electron chi connectivity index (χ2n) is 7.79. The summed E-state index contributed by atoms with van der Waals surface area (Å²) in [4.78, 5) is 31.1. The van der Waals surface area contributed by atoms with Crippen LogP contribution in [0.25, 0.3) is 21.2 Å². The number of rotatable bonds is 4. The van der Waals surface area contributed by atoms with Crippen molar-refractivity contribution in [2.24, 2.45) is 5.10 Å². The van der Waals surface area contributed by atoms with Gasteiger partial charge in [-0.2, -0.15) is 10.1 Å². The zero-order valence-corrected chi connectivity index (χ0v) is 20.7. The average molecular weight is 532 g/mol. The summed E-state index contributed by atoms with van der Waals surface area (Å²) < 4.78 is 7.41. The number of anilines is 1. The monoisotopic (exact) mass is 531 g/mol. The maximum Gasteiger partial charge on any atom is 0.280 e. The van der Waals surface area contributed by atoms with E-state index in [-0.39, 0.29) is 16.9 Å². The SMILES string of the molecule is Cc1ccc(C(=O)N(/N=C/c2coc3ccccc3c2=O)c2nc3ccc(Br)cc3s2)cc1C. The van der Waals surface area contributed by atoms with Crippen LogP contribution in [0.2, 0.25) is 0 Å². The summed E-state index contributed by atoms with van der Waals surface area (Å²) in [5.74, 6) is -0.345. The molecule has 2 aromatic heterocycles. The Bertz CT molecular complexity index is 1650. The van der Waals surface area contributed by atoms with E-state index >= 15 is 0 Å². The predicted octanol–water partition coefficient (Wildman–Crippen LogP) is 6.46. The molecule has 0 aliphatic carbocycles. The Labute approximate surface area is 207 Å². The summed E-state index contributed by atoms with van der Waals surface area (Å²) >= 11 is 4.81. The van der Waals surface area contributed by atoms with Gasteiger partial charge in [0.2, 0.25) is 10.6 Å². The van der Waals surface area contributed by atoms with Gasteiger partial charge >= 0.3 is 0 Å². The number of aryl methyl sites for hydroxylation is 2. The van der Waals surface area contributed by atoms with Gasteiger partial charge in [0, 0.05) is 10.0 Å². The number of carbonyl (C=O) groups is 1. The molecule has 2 heterocycles. The molecular weight excluding hydrogens is 514 g/mol. The highest BCUT2D eigenvalue weighted by Gasteiger charge is 2.22. The fraction of sp³-hybridized carbons (Fsp3) is 0.0769. The molecule has 8 heteroatoms. The van der Waals surface area contributed by atoms with Gasteiger partial charge < -0.3 is 4.42 Å². The summed E-state index contributed by atoms with van der Waals surface area (Å²) in [6.07, 6.45) is 2.70. The minimum Gasteiger partial charge on any atom is -0.463 e. The first-order chi connectivity index (χ1) is 16.4. The molecule has 0 aliphatic rings. The minimum atomic E-state index is -0.345. The molecular formula is C26H18BrN3O3S. The van der Waals surface area contributed by atoms with Crippen LogP contribution in [0, 0.1) is 13.8 Å². The Balaban J connectivity index is 1.61. The van der Waals surface area contributed by atoms with Gasteiger partial charge in [-0.1, -0.05) is 45.5 Å². The molecule has 34 heavy (non-hydrogen) atoms. The highest BCUT2D eigenvalue weighted by atomic mass is 79.9. The molecule has 0 unspecified atom stereocenters. The van der Waals surface area contributed by atoms with E-state index in [2.05, 4.69) is 26.0 Å². The molecule has 0 spiro atoms. The van der Waals surface area contributed by atoms with Crippen molar-refractivity contribution < 1.29 is 9.21 Å². The van der Waals surface area contributed by atoms with Crippen LogP contribution in [-0.4, -0.2) is 17.1 Å². The second kappa shape index (κ2) is 8.96. The molecule has 0 saturated carbocycles. The lowest BCUT2D eigenvalue weighted by molar-refractivity contribution is 0.0987. The standard InChI is InChI=1S/C26H18BrN3O3S/c1-15-7-8-17(11-16(15)2)25(32)30(26-29-21-10-9-19(27)12-23(21)34-26)28-13-18-14-33-22-6-4-3-5-20(22)24(18)31/h3-14H,1-2H3/b28-13+. The summed E-state index contributed by atoms with van der Waals surface area (Å²) in [6.45, 7) is 3.94. The summed E-state index contributed by atoms with van der Waals surface area (Å²) in [6, 6.07) is 18.2. The Morgan fingerprint density at radius 1 is 1.09 bits per heavy atom. The van der Waals surface area contributed by atoms with Gasteiger partial charge in [0.25, 0.3) is 5.91 Å². The third kappa shape index (κ3) is 4.18. The topological polar surface area (TPSA) is 75.8 Å². The molecule has 1 amide bonds.